The Bertz CT molecular complexity index is 816. The highest BCUT2D eigenvalue weighted by Crippen LogP contribution is 2.29. The first-order valence-electron chi connectivity index (χ1n) is 8.82. The van der Waals surface area contributed by atoms with E-state index in [9.17, 15) is 9.59 Å². The Hall–Kier alpha value is -2.47. The summed E-state index contributed by atoms with van der Waals surface area (Å²) in [6, 6.07) is 12.2. The van der Waals surface area contributed by atoms with Gasteiger partial charge in [0.25, 0.3) is 11.5 Å². The average molecular weight is 339 g/mol. The Morgan fingerprint density at radius 2 is 1.88 bits per heavy atom. The van der Waals surface area contributed by atoms with Gasteiger partial charge in [-0.25, -0.2) is 0 Å². The molecule has 2 aliphatic rings. The molecule has 6 nitrogen and oxygen atoms in total. The maximum absolute atomic E-state index is 13.0. The Morgan fingerprint density at radius 3 is 2.72 bits per heavy atom. The molecule has 1 saturated heterocycles. The molecule has 2 aromatic rings. The zero-order chi connectivity index (χ0) is 17.2. The van der Waals surface area contributed by atoms with E-state index >= 15 is 0 Å². The van der Waals surface area contributed by atoms with Crippen molar-refractivity contribution in [3.63, 3.8) is 0 Å². The second kappa shape index (κ2) is 6.80. The second-order valence-corrected chi connectivity index (χ2v) is 6.56. The van der Waals surface area contributed by atoms with Crippen LogP contribution in [0, 0.1) is 0 Å². The third-order valence-electron chi connectivity index (χ3n) is 5.01. The van der Waals surface area contributed by atoms with Crippen molar-refractivity contribution in [1.29, 1.82) is 0 Å². The molecule has 0 spiro atoms. The summed E-state index contributed by atoms with van der Waals surface area (Å²) in [7, 11) is 0. The summed E-state index contributed by atoms with van der Waals surface area (Å²) in [6.07, 6.45) is 4.37. The van der Waals surface area contributed by atoms with Gasteiger partial charge < -0.3 is 9.64 Å². The number of amides is 1. The highest BCUT2D eigenvalue weighted by atomic mass is 16.5. The number of fused-ring (bicyclic) bond motifs is 1. The van der Waals surface area contributed by atoms with Crippen LogP contribution >= 0.6 is 0 Å². The number of morpholine rings is 1. The Kier molecular flexibility index (Phi) is 4.36. The second-order valence-electron chi connectivity index (χ2n) is 6.56. The van der Waals surface area contributed by atoms with Crippen LogP contribution in [0.25, 0.3) is 5.69 Å². The number of carbonyl (C=O) groups excluding carboxylic acids is 1. The van der Waals surface area contributed by atoms with Crippen LogP contribution in [0.15, 0.2) is 47.3 Å². The summed E-state index contributed by atoms with van der Waals surface area (Å²) in [5.41, 5.74) is 0.703. The number of para-hydroxylation sites is 1. The fourth-order valence-electron chi connectivity index (χ4n) is 3.78. The van der Waals surface area contributed by atoms with Crippen molar-refractivity contribution in [2.45, 2.75) is 37.8 Å². The number of hydrogen-bond donors (Lipinski definition) is 0. The van der Waals surface area contributed by atoms with Gasteiger partial charge in [-0.15, -0.1) is 0 Å². The Labute approximate surface area is 146 Å². The molecule has 0 bridgehead atoms. The molecule has 2 heterocycles. The summed E-state index contributed by atoms with van der Waals surface area (Å²) in [5, 5.41) is 4.33. The molecule has 1 aliphatic carbocycles. The molecule has 1 aliphatic heterocycles. The smallest absolute Gasteiger partial charge is 0.274 e. The van der Waals surface area contributed by atoms with Gasteiger partial charge in [-0.05, 0) is 31.0 Å². The minimum absolute atomic E-state index is 0.119. The molecular weight excluding hydrogens is 318 g/mol. The van der Waals surface area contributed by atoms with E-state index in [-0.39, 0.29) is 23.6 Å². The number of rotatable bonds is 2. The summed E-state index contributed by atoms with van der Waals surface area (Å²) in [5.74, 6) is -0.120. The van der Waals surface area contributed by atoms with Crippen LogP contribution in [-0.4, -0.2) is 45.9 Å². The summed E-state index contributed by atoms with van der Waals surface area (Å²) < 4.78 is 7.12. The molecule has 4 rings (SSSR count). The summed E-state index contributed by atoms with van der Waals surface area (Å²) in [4.78, 5) is 27.1. The lowest BCUT2D eigenvalue weighted by Crippen LogP contribution is -2.55. The van der Waals surface area contributed by atoms with Gasteiger partial charge in [-0.3, -0.25) is 9.59 Å². The quantitative estimate of drug-likeness (QED) is 0.840. The molecule has 0 N–H and O–H groups in total. The van der Waals surface area contributed by atoms with E-state index in [1.54, 1.807) is 12.1 Å². The van der Waals surface area contributed by atoms with Gasteiger partial charge in [-0.2, -0.15) is 9.78 Å². The van der Waals surface area contributed by atoms with Crippen LogP contribution in [0.1, 0.15) is 36.2 Å². The molecule has 1 amide bonds. The molecule has 6 heteroatoms. The molecule has 2 atom stereocenters. The van der Waals surface area contributed by atoms with Gasteiger partial charge in [0.05, 0.1) is 24.4 Å². The van der Waals surface area contributed by atoms with Crippen molar-refractivity contribution in [2.24, 2.45) is 0 Å². The number of benzene rings is 1. The average Bonchev–Trinajstić information content (AvgIpc) is 2.68. The van der Waals surface area contributed by atoms with Crippen molar-refractivity contribution >= 4 is 5.91 Å². The molecule has 1 aromatic heterocycles. The number of carbonyl (C=O) groups is 1. The van der Waals surface area contributed by atoms with Crippen LogP contribution < -0.4 is 5.56 Å². The highest BCUT2D eigenvalue weighted by Gasteiger charge is 2.37. The third kappa shape index (κ3) is 3.09. The van der Waals surface area contributed by atoms with Gasteiger partial charge >= 0.3 is 0 Å². The van der Waals surface area contributed by atoms with Crippen LogP contribution in [0.5, 0.6) is 0 Å². The minimum atomic E-state index is -0.250. The van der Waals surface area contributed by atoms with Gasteiger partial charge in [0.2, 0.25) is 0 Å². The molecule has 25 heavy (non-hydrogen) atoms. The lowest BCUT2D eigenvalue weighted by Gasteiger charge is -2.43. The zero-order valence-corrected chi connectivity index (χ0v) is 14.0. The Morgan fingerprint density at radius 1 is 1.08 bits per heavy atom. The fourth-order valence-corrected chi connectivity index (χ4v) is 3.78. The molecule has 2 fully saturated rings. The van der Waals surface area contributed by atoms with Gasteiger partial charge in [-0.1, -0.05) is 31.0 Å². The van der Waals surface area contributed by atoms with E-state index in [2.05, 4.69) is 5.10 Å². The topological polar surface area (TPSA) is 64.4 Å². The zero-order valence-electron chi connectivity index (χ0n) is 14.0. The van der Waals surface area contributed by atoms with Crippen LogP contribution in [0.3, 0.4) is 0 Å². The predicted octanol–water partition coefficient (Wildman–Crippen LogP) is 2.02. The first kappa shape index (κ1) is 16.0. The van der Waals surface area contributed by atoms with E-state index in [1.165, 1.54) is 16.8 Å². The van der Waals surface area contributed by atoms with E-state index in [1.807, 2.05) is 23.1 Å². The molecule has 0 radical (unpaired) electrons. The van der Waals surface area contributed by atoms with E-state index in [4.69, 9.17) is 4.74 Å². The molecule has 1 aromatic carbocycles. The molecular formula is C19H21N3O3. The van der Waals surface area contributed by atoms with Gasteiger partial charge in [0.1, 0.15) is 5.69 Å². The summed E-state index contributed by atoms with van der Waals surface area (Å²) in [6.45, 7) is 1.14. The fraction of sp³-hybridized carbons (Fsp3) is 0.421. The largest absolute Gasteiger partial charge is 0.374 e. The molecule has 130 valence electrons. The number of ether oxygens (including phenoxy) is 1. The predicted molar refractivity (Wildman–Crippen MR) is 92.9 cm³/mol. The van der Waals surface area contributed by atoms with Crippen LogP contribution in [0.4, 0.5) is 0 Å². The van der Waals surface area contributed by atoms with E-state index < -0.39 is 0 Å². The monoisotopic (exact) mass is 339 g/mol. The van der Waals surface area contributed by atoms with Crippen molar-refractivity contribution in [1.82, 2.24) is 14.7 Å². The SMILES string of the molecule is O=C(c1ccc(=O)n(-c2ccccc2)n1)N1CCO[C@H]2CCCC[C@H]21. The molecule has 0 unspecified atom stereocenters. The third-order valence-corrected chi connectivity index (χ3v) is 5.01. The number of aromatic nitrogens is 2. The van der Waals surface area contributed by atoms with Crippen molar-refractivity contribution in [3.8, 4) is 5.69 Å². The van der Waals surface area contributed by atoms with Gasteiger partial charge in [0, 0.05) is 12.6 Å². The molecule has 1 saturated carbocycles. The first-order valence-corrected chi connectivity index (χ1v) is 8.82. The first-order chi connectivity index (χ1) is 12.2. The highest BCUT2D eigenvalue weighted by molar-refractivity contribution is 5.92. The Balaban J connectivity index is 1.65. The minimum Gasteiger partial charge on any atom is -0.374 e. The maximum atomic E-state index is 13.0. The van der Waals surface area contributed by atoms with Crippen LogP contribution in [-0.2, 0) is 4.74 Å². The number of hydrogen-bond acceptors (Lipinski definition) is 4. The standard InChI is InChI=1S/C19H21N3O3/c23-18-11-10-15(20-22(18)14-6-2-1-3-7-14)19(24)21-12-13-25-17-9-5-4-8-16(17)21/h1-3,6-7,10-11,16-17H,4-5,8-9,12-13H2/t16-,17+/m1/s1. The lowest BCUT2D eigenvalue weighted by atomic mass is 9.90. The van der Waals surface area contributed by atoms with Crippen LogP contribution in [0.2, 0.25) is 0 Å². The normalized spacial score (nSPS) is 23.1. The maximum Gasteiger partial charge on any atom is 0.274 e. The lowest BCUT2D eigenvalue weighted by molar-refractivity contribution is -0.0754. The van der Waals surface area contributed by atoms with Crippen molar-refractivity contribution < 1.29 is 9.53 Å². The van der Waals surface area contributed by atoms with Crippen molar-refractivity contribution in [2.75, 3.05) is 13.2 Å². The van der Waals surface area contributed by atoms with Crippen molar-refractivity contribution in [3.05, 3.63) is 58.5 Å². The van der Waals surface area contributed by atoms with E-state index in [0.717, 1.165) is 25.7 Å². The van der Waals surface area contributed by atoms with E-state index in [0.29, 0.717) is 24.5 Å². The summed E-state index contributed by atoms with van der Waals surface area (Å²) >= 11 is 0. The van der Waals surface area contributed by atoms with Gasteiger partial charge in [0.15, 0.2) is 0 Å². The number of nitrogens with zero attached hydrogens (tertiary/aromatic N) is 3.